The molecule has 0 atom stereocenters. The second-order valence-electron chi connectivity index (χ2n) is 5.28. The van der Waals surface area contributed by atoms with Crippen molar-refractivity contribution in [1.82, 2.24) is 9.97 Å². The largest absolute Gasteiger partial charge is 0.380 e. The van der Waals surface area contributed by atoms with Crippen LogP contribution in [0.3, 0.4) is 0 Å². The monoisotopic (exact) mass is 285 g/mol. The fourth-order valence-corrected chi connectivity index (χ4v) is 2.17. The van der Waals surface area contributed by atoms with Crippen LogP contribution in [0.15, 0.2) is 30.3 Å². The molecule has 2 aromatic rings. The van der Waals surface area contributed by atoms with Crippen LogP contribution in [0.5, 0.6) is 0 Å². The molecule has 0 fully saturated rings. The highest BCUT2D eigenvalue weighted by Gasteiger charge is 2.12. The Balaban J connectivity index is 2.52. The summed E-state index contributed by atoms with van der Waals surface area (Å²) >= 11 is 0. The van der Waals surface area contributed by atoms with Crippen molar-refractivity contribution in [2.75, 3.05) is 19.0 Å². The number of methoxy groups -OCH3 is 1. The maximum Gasteiger partial charge on any atom is 0.162 e. The molecule has 0 unspecified atom stereocenters. The number of aromatic nitrogens is 2. The highest BCUT2D eigenvalue weighted by atomic mass is 16.5. The zero-order valence-corrected chi connectivity index (χ0v) is 13.2. The van der Waals surface area contributed by atoms with Gasteiger partial charge in [-0.15, -0.1) is 0 Å². The number of benzene rings is 1. The van der Waals surface area contributed by atoms with E-state index in [0.29, 0.717) is 12.5 Å². The second-order valence-corrected chi connectivity index (χ2v) is 5.28. The lowest BCUT2D eigenvalue weighted by Gasteiger charge is -2.13. The first-order chi connectivity index (χ1) is 10.2. The fourth-order valence-electron chi connectivity index (χ4n) is 2.17. The van der Waals surface area contributed by atoms with Gasteiger partial charge in [0.25, 0.3) is 0 Å². The molecule has 0 spiro atoms. The normalized spacial score (nSPS) is 10.9. The molecular weight excluding hydrogens is 262 g/mol. The quantitative estimate of drug-likeness (QED) is 0.876. The Morgan fingerprint density at radius 1 is 1.19 bits per heavy atom. The molecular formula is C17H23N3O. The van der Waals surface area contributed by atoms with Gasteiger partial charge in [-0.3, -0.25) is 0 Å². The first kappa shape index (κ1) is 15.4. The molecule has 0 radical (unpaired) electrons. The number of nitrogens with zero attached hydrogens (tertiary/aromatic N) is 2. The summed E-state index contributed by atoms with van der Waals surface area (Å²) < 4.78 is 5.27. The molecule has 0 bridgehead atoms. The average molecular weight is 285 g/mol. The van der Waals surface area contributed by atoms with Crippen LogP contribution in [-0.2, 0) is 11.3 Å². The van der Waals surface area contributed by atoms with E-state index in [0.717, 1.165) is 35.0 Å². The highest BCUT2D eigenvalue weighted by molar-refractivity contribution is 5.62. The van der Waals surface area contributed by atoms with Gasteiger partial charge in [0, 0.05) is 31.0 Å². The zero-order chi connectivity index (χ0) is 15.2. The topological polar surface area (TPSA) is 47.0 Å². The van der Waals surface area contributed by atoms with Gasteiger partial charge in [0.1, 0.15) is 5.82 Å². The van der Waals surface area contributed by atoms with Crippen LogP contribution in [0.25, 0.3) is 11.4 Å². The van der Waals surface area contributed by atoms with Gasteiger partial charge in [-0.25, -0.2) is 9.97 Å². The summed E-state index contributed by atoms with van der Waals surface area (Å²) in [6, 6.07) is 10.1. The van der Waals surface area contributed by atoms with Crippen molar-refractivity contribution in [2.45, 2.75) is 33.3 Å². The summed E-state index contributed by atoms with van der Waals surface area (Å²) in [6.45, 7) is 7.75. The first-order valence-electron chi connectivity index (χ1n) is 7.35. The molecule has 0 amide bonds. The van der Waals surface area contributed by atoms with E-state index in [2.05, 4.69) is 37.1 Å². The van der Waals surface area contributed by atoms with Crippen LogP contribution in [0, 0.1) is 0 Å². The van der Waals surface area contributed by atoms with E-state index in [1.807, 2.05) is 24.3 Å². The van der Waals surface area contributed by atoms with E-state index in [9.17, 15) is 0 Å². The van der Waals surface area contributed by atoms with E-state index in [4.69, 9.17) is 9.72 Å². The third kappa shape index (κ3) is 3.79. The number of hydrogen-bond acceptors (Lipinski definition) is 4. The smallest absolute Gasteiger partial charge is 0.162 e. The van der Waals surface area contributed by atoms with Crippen molar-refractivity contribution >= 4 is 5.82 Å². The van der Waals surface area contributed by atoms with Crippen molar-refractivity contribution < 1.29 is 4.74 Å². The van der Waals surface area contributed by atoms with Crippen LogP contribution < -0.4 is 5.32 Å². The summed E-state index contributed by atoms with van der Waals surface area (Å²) in [4.78, 5) is 9.36. The van der Waals surface area contributed by atoms with Gasteiger partial charge in [-0.05, 0) is 18.4 Å². The standard InChI is InChI=1S/C17H23N3O/c1-5-18-16-10-15(12(2)3)19-17(20-16)14-9-7-6-8-13(14)11-21-4/h6-10,12H,5,11H2,1-4H3,(H,18,19,20). The summed E-state index contributed by atoms with van der Waals surface area (Å²) in [6.07, 6.45) is 0. The van der Waals surface area contributed by atoms with Gasteiger partial charge in [0.05, 0.1) is 6.61 Å². The molecule has 4 heteroatoms. The van der Waals surface area contributed by atoms with Crippen LogP contribution in [-0.4, -0.2) is 23.6 Å². The van der Waals surface area contributed by atoms with Gasteiger partial charge < -0.3 is 10.1 Å². The lowest BCUT2D eigenvalue weighted by Crippen LogP contribution is -2.06. The lowest BCUT2D eigenvalue weighted by molar-refractivity contribution is 0.185. The van der Waals surface area contributed by atoms with Crippen molar-refractivity contribution in [3.8, 4) is 11.4 Å². The fraction of sp³-hybridized carbons (Fsp3) is 0.412. The van der Waals surface area contributed by atoms with Crippen molar-refractivity contribution in [2.24, 2.45) is 0 Å². The SMILES string of the molecule is CCNc1cc(C(C)C)nc(-c2ccccc2COC)n1. The van der Waals surface area contributed by atoms with Crippen molar-refractivity contribution in [3.05, 3.63) is 41.6 Å². The minimum Gasteiger partial charge on any atom is -0.380 e. The molecule has 0 aliphatic rings. The molecule has 1 N–H and O–H groups in total. The zero-order valence-electron chi connectivity index (χ0n) is 13.2. The molecule has 21 heavy (non-hydrogen) atoms. The summed E-state index contributed by atoms with van der Waals surface area (Å²) in [5.74, 6) is 1.99. The molecule has 1 aromatic carbocycles. The Labute approximate surface area is 126 Å². The predicted molar refractivity (Wildman–Crippen MR) is 86.4 cm³/mol. The maximum absolute atomic E-state index is 5.27. The third-order valence-electron chi connectivity index (χ3n) is 3.25. The molecule has 1 aromatic heterocycles. The maximum atomic E-state index is 5.27. The number of nitrogens with one attached hydrogen (secondary N) is 1. The number of ether oxygens (including phenoxy) is 1. The van der Waals surface area contributed by atoms with Crippen molar-refractivity contribution in [1.29, 1.82) is 0 Å². The Kier molecular flexibility index (Phi) is 5.28. The van der Waals surface area contributed by atoms with Crippen LogP contribution in [0.4, 0.5) is 5.82 Å². The van der Waals surface area contributed by atoms with Crippen molar-refractivity contribution in [3.63, 3.8) is 0 Å². The number of hydrogen-bond donors (Lipinski definition) is 1. The summed E-state index contributed by atoms with van der Waals surface area (Å²) in [7, 11) is 1.70. The predicted octanol–water partition coefficient (Wildman–Crippen LogP) is 3.85. The molecule has 1 heterocycles. The van der Waals surface area contributed by atoms with Crippen LogP contribution in [0.1, 0.15) is 37.9 Å². The molecule has 2 rings (SSSR count). The summed E-state index contributed by atoms with van der Waals surface area (Å²) in [5.41, 5.74) is 3.17. The van der Waals surface area contributed by atoms with Gasteiger partial charge in [-0.2, -0.15) is 0 Å². The summed E-state index contributed by atoms with van der Waals surface area (Å²) in [5, 5.41) is 3.28. The van der Waals surface area contributed by atoms with Gasteiger partial charge in [0.15, 0.2) is 5.82 Å². The molecule has 0 aliphatic carbocycles. The third-order valence-corrected chi connectivity index (χ3v) is 3.25. The Morgan fingerprint density at radius 3 is 2.62 bits per heavy atom. The Bertz CT molecular complexity index is 596. The number of rotatable bonds is 6. The Morgan fingerprint density at radius 2 is 1.95 bits per heavy atom. The molecule has 0 saturated carbocycles. The Hall–Kier alpha value is -1.94. The van der Waals surface area contributed by atoms with E-state index >= 15 is 0 Å². The minimum absolute atomic E-state index is 0.360. The van der Waals surface area contributed by atoms with E-state index in [1.54, 1.807) is 7.11 Å². The van der Waals surface area contributed by atoms with Gasteiger partial charge in [-0.1, -0.05) is 38.1 Å². The first-order valence-corrected chi connectivity index (χ1v) is 7.35. The molecule has 0 saturated heterocycles. The highest BCUT2D eigenvalue weighted by Crippen LogP contribution is 2.25. The lowest BCUT2D eigenvalue weighted by atomic mass is 10.1. The average Bonchev–Trinajstić information content (AvgIpc) is 2.48. The molecule has 112 valence electrons. The van der Waals surface area contributed by atoms with E-state index in [-0.39, 0.29) is 0 Å². The van der Waals surface area contributed by atoms with Crippen LogP contribution >= 0.6 is 0 Å². The second kappa shape index (κ2) is 7.18. The van der Waals surface area contributed by atoms with E-state index < -0.39 is 0 Å². The van der Waals surface area contributed by atoms with Crippen LogP contribution in [0.2, 0.25) is 0 Å². The van der Waals surface area contributed by atoms with E-state index in [1.165, 1.54) is 0 Å². The molecule has 4 nitrogen and oxygen atoms in total. The molecule has 0 aliphatic heterocycles. The van der Waals surface area contributed by atoms with Gasteiger partial charge >= 0.3 is 0 Å². The minimum atomic E-state index is 0.360. The van der Waals surface area contributed by atoms with Gasteiger partial charge in [0.2, 0.25) is 0 Å². The number of anilines is 1.